The quantitative estimate of drug-likeness (QED) is 0.768. The number of nitrogens with one attached hydrogen (secondary N) is 2. The van der Waals surface area contributed by atoms with E-state index in [9.17, 15) is 9.35 Å². The minimum absolute atomic E-state index is 0.410. The van der Waals surface area contributed by atoms with Gasteiger partial charge in [0, 0.05) is 19.8 Å². The maximum atomic E-state index is 12.3. The van der Waals surface area contributed by atoms with Crippen LogP contribution in [0.4, 0.5) is 10.5 Å². The van der Waals surface area contributed by atoms with E-state index in [0.717, 1.165) is 44.2 Å². The molecule has 24 heavy (non-hydrogen) atoms. The molecular formula is C17H25N3O3S. The van der Waals surface area contributed by atoms with E-state index in [4.69, 9.17) is 4.74 Å². The number of hydrogen-bond donors (Lipinski definition) is 2. The summed E-state index contributed by atoms with van der Waals surface area (Å²) in [6.07, 6.45) is 6.47. The van der Waals surface area contributed by atoms with E-state index in [0.29, 0.717) is 13.2 Å². The highest BCUT2D eigenvalue weighted by Gasteiger charge is 2.26. The summed E-state index contributed by atoms with van der Waals surface area (Å²) in [6.45, 7) is 0.949. The van der Waals surface area contributed by atoms with Crippen molar-refractivity contribution >= 4 is 23.3 Å². The molecule has 3 rings (SSSR count). The zero-order valence-electron chi connectivity index (χ0n) is 14.3. The van der Waals surface area contributed by atoms with Crippen LogP contribution in [-0.2, 0) is 42.0 Å². The van der Waals surface area contributed by atoms with E-state index in [1.807, 2.05) is 0 Å². The van der Waals surface area contributed by atoms with Crippen molar-refractivity contribution in [2.24, 2.45) is 0 Å². The number of likely N-dealkylation sites (N-methyl/N-ethyl adjacent to an activating group) is 1. The number of urea groups is 1. The molecule has 7 heteroatoms. The van der Waals surface area contributed by atoms with Crippen molar-refractivity contribution in [1.82, 2.24) is 9.03 Å². The minimum Gasteiger partial charge on any atom is -0.573 e. The number of nitrogens with zero attached hydrogens (tertiary/aromatic N) is 1. The molecule has 0 aromatic heterocycles. The highest BCUT2D eigenvalue weighted by molar-refractivity contribution is 7.87. The summed E-state index contributed by atoms with van der Waals surface area (Å²) in [5, 5.41) is 2.98. The van der Waals surface area contributed by atoms with E-state index in [1.165, 1.54) is 22.3 Å². The molecule has 0 fully saturated rings. The summed E-state index contributed by atoms with van der Waals surface area (Å²) in [4.78, 5) is 12.3. The van der Waals surface area contributed by atoms with Crippen molar-refractivity contribution in [2.75, 3.05) is 32.6 Å². The highest BCUT2D eigenvalue weighted by atomic mass is 32.2. The Labute approximate surface area is 146 Å². The maximum absolute atomic E-state index is 12.3. The summed E-state index contributed by atoms with van der Waals surface area (Å²) in [5.41, 5.74) is 6.23. The number of fused-ring (bicyclic) bond motifs is 2. The molecule has 0 radical (unpaired) electrons. The second-order valence-electron chi connectivity index (χ2n) is 6.38. The number of carbonyl (C=O) groups excluding carboxylic acids is 1. The SMILES string of the molecule is COCCN(C)[S+]([O-])NC(=O)Nc1c2c(cc3c1CCC3)CCC2. The molecule has 1 unspecified atom stereocenters. The Kier molecular flexibility index (Phi) is 5.65. The van der Waals surface area contributed by atoms with Crippen LogP contribution in [0.5, 0.6) is 0 Å². The van der Waals surface area contributed by atoms with Gasteiger partial charge in [-0.05, 0) is 60.8 Å². The zero-order valence-corrected chi connectivity index (χ0v) is 15.1. The molecule has 1 aromatic rings. The summed E-state index contributed by atoms with van der Waals surface area (Å²) >= 11 is -1.58. The molecule has 0 saturated carbocycles. The highest BCUT2D eigenvalue weighted by Crippen LogP contribution is 2.38. The van der Waals surface area contributed by atoms with Crippen LogP contribution in [-0.4, -0.2) is 42.2 Å². The minimum atomic E-state index is -1.58. The monoisotopic (exact) mass is 351 g/mol. The smallest absolute Gasteiger partial charge is 0.362 e. The first kappa shape index (κ1) is 17.5. The topological polar surface area (TPSA) is 76.7 Å². The van der Waals surface area contributed by atoms with E-state index in [-0.39, 0.29) is 0 Å². The van der Waals surface area contributed by atoms with E-state index < -0.39 is 17.6 Å². The molecule has 2 amide bonds. The largest absolute Gasteiger partial charge is 0.573 e. The second kappa shape index (κ2) is 7.74. The number of aryl methyl sites for hydroxylation is 2. The Balaban J connectivity index is 1.69. The predicted molar refractivity (Wildman–Crippen MR) is 95.3 cm³/mol. The molecule has 1 aromatic carbocycles. The van der Waals surface area contributed by atoms with Crippen LogP contribution in [0.3, 0.4) is 0 Å². The van der Waals surface area contributed by atoms with Gasteiger partial charge in [0.2, 0.25) is 0 Å². The number of carbonyl (C=O) groups is 1. The van der Waals surface area contributed by atoms with E-state index in [2.05, 4.69) is 16.1 Å². The number of ether oxygens (including phenoxy) is 1. The van der Waals surface area contributed by atoms with Gasteiger partial charge in [-0.2, -0.15) is 0 Å². The van der Waals surface area contributed by atoms with Gasteiger partial charge in [-0.25, -0.2) is 4.79 Å². The lowest BCUT2D eigenvalue weighted by atomic mass is 9.99. The number of benzene rings is 1. The van der Waals surface area contributed by atoms with Crippen LogP contribution in [0.15, 0.2) is 6.07 Å². The number of methoxy groups -OCH3 is 1. The van der Waals surface area contributed by atoms with Crippen LogP contribution < -0.4 is 10.0 Å². The van der Waals surface area contributed by atoms with Gasteiger partial charge in [-0.1, -0.05) is 6.07 Å². The van der Waals surface area contributed by atoms with Gasteiger partial charge in [0.25, 0.3) is 0 Å². The molecule has 0 bridgehead atoms. The average molecular weight is 351 g/mol. The summed E-state index contributed by atoms with van der Waals surface area (Å²) < 4.78 is 21.1. The van der Waals surface area contributed by atoms with Crippen molar-refractivity contribution in [3.63, 3.8) is 0 Å². The van der Waals surface area contributed by atoms with Crippen LogP contribution in [0.2, 0.25) is 0 Å². The fourth-order valence-corrected chi connectivity index (χ4v) is 4.17. The lowest BCUT2D eigenvalue weighted by Crippen LogP contribution is -2.44. The van der Waals surface area contributed by atoms with Gasteiger partial charge in [0.1, 0.15) is 0 Å². The number of amides is 2. The van der Waals surface area contributed by atoms with Crippen LogP contribution in [0.1, 0.15) is 35.1 Å². The van der Waals surface area contributed by atoms with Crippen LogP contribution in [0, 0.1) is 0 Å². The standard InChI is InChI=1S/C17H25N3O3S/c1-20(9-10-23-2)24(22)19-17(21)18-16-14-7-3-5-12(14)11-13-6-4-8-15(13)16/h11H,3-10H2,1-2H3,(H2,18,19,21). The molecule has 132 valence electrons. The molecule has 0 saturated heterocycles. The Bertz CT molecular complexity index is 591. The predicted octanol–water partition coefficient (Wildman–Crippen LogP) is 1.94. The number of hydrogen-bond acceptors (Lipinski definition) is 4. The van der Waals surface area contributed by atoms with Crippen molar-refractivity contribution in [3.05, 3.63) is 28.3 Å². The molecular weight excluding hydrogens is 326 g/mol. The molecule has 2 aliphatic carbocycles. The van der Waals surface area contributed by atoms with Gasteiger partial charge in [-0.3, -0.25) is 0 Å². The first-order valence-electron chi connectivity index (χ1n) is 8.46. The average Bonchev–Trinajstić information content (AvgIpc) is 3.20. The van der Waals surface area contributed by atoms with E-state index in [1.54, 1.807) is 18.5 Å². The van der Waals surface area contributed by atoms with Gasteiger partial charge < -0.3 is 14.6 Å². The van der Waals surface area contributed by atoms with Crippen molar-refractivity contribution in [2.45, 2.75) is 38.5 Å². The Morgan fingerprint density at radius 3 is 2.46 bits per heavy atom. The third-order valence-electron chi connectivity index (χ3n) is 4.78. The third-order valence-corrected chi connectivity index (χ3v) is 5.89. The summed E-state index contributed by atoms with van der Waals surface area (Å²) in [6, 6.07) is 1.91. The molecule has 6 nitrogen and oxygen atoms in total. The fraction of sp³-hybridized carbons (Fsp3) is 0.588. The Hall–Kier alpha value is -1.28. The van der Waals surface area contributed by atoms with E-state index >= 15 is 0 Å². The summed E-state index contributed by atoms with van der Waals surface area (Å²) in [5.74, 6) is 0. The zero-order chi connectivity index (χ0) is 17.1. The maximum Gasteiger partial charge on any atom is 0.362 e. The van der Waals surface area contributed by atoms with Crippen molar-refractivity contribution < 1.29 is 14.1 Å². The lowest BCUT2D eigenvalue weighted by molar-refractivity contribution is 0.184. The molecule has 0 heterocycles. The molecule has 1 atom stereocenters. The lowest BCUT2D eigenvalue weighted by Gasteiger charge is -2.20. The Morgan fingerprint density at radius 2 is 1.88 bits per heavy atom. The molecule has 0 aliphatic heterocycles. The van der Waals surface area contributed by atoms with Gasteiger partial charge in [-0.15, -0.1) is 9.03 Å². The second-order valence-corrected chi connectivity index (χ2v) is 7.71. The van der Waals surface area contributed by atoms with Crippen LogP contribution >= 0.6 is 0 Å². The summed E-state index contributed by atoms with van der Waals surface area (Å²) in [7, 11) is 3.28. The van der Waals surface area contributed by atoms with Crippen molar-refractivity contribution in [1.29, 1.82) is 0 Å². The molecule has 0 spiro atoms. The third kappa shape index (κ3) is 3.69. The number of anilines is 1. The van der Waals surface area contributed by atoms with Gasteiger partial charge in [0.15, 0.2) is 11.5 Å². The van der Waals surface area contributed by atoms with Crippen LogP contribution in [0.25, 0.3) is 0 Å². The normalized spacial score (nSPS) is 16.8. The first-order chi connectivity index (χ1) is 11.6. The fourth-order valence-electron chi connectivity index (χ4n) is 3.57. The Morgan fingerprint density at radius 1 is 1.25 bits per heavy atom. The number of rotatable bonds is 6. The molecule has 2 aliphatic rings. The first-order valence-corrected chi connectivity index (χ1v) is 9.57. The van der Waals surface area contributed by atoms with Gasteiger partial charge >= 0.3 is 6.03 Å². The van der Waals surface area contributed by atoms with Gasteiger partial charge in [0.05, 0.1) is 13.2 Å². The van der Waals surface area contributed by atoms with Crippen molar-refractivity contribution in [3.8, 4) is 0 Å². The molecule has 2 N–H and O–H groups in total.